The Kier molecular flexibility index (Phi) is 9.03. The first kappa shape index (κ1) is 23.4. The SMILES string of the molecule is COC(=O)[C@@H](CC(=O)N[C@@H](Cc1ccccc1)C(=O)O)NC(=O)OCc1ccccc1. The van der Waals surface area contributed by atoms with Crippen molar-refractivity contribution < 1.29 is 33.8 Å². The van der Waals surface area contributed by atoms with Gasteiger partial charge in [-0.1, -0.05) is 60.7 Å². The molecule has 0 aliphatic rings. The van der Waals surface area contributed by atoms with Crippen molar-refractivity contribution >= 4 is 23.9 Å². The van der Waals surface area contributed by atoms with Gasteiger partial charge in [0.2, 0.25) is 5.91 Å². The summed E-state index contributed by atoms with van der Waals surface area (Å²) in [5, 5.41) is 14.0. The van der Waals surface area contributed by atoms with Gasteiger partial charge in [0.1, 0.15) is 18.7 Å². The Bertz CT molecular complexity index is 887. The molecule has 0 spiro atoms. The molecule has 0 aliphatic carbocycles. The Labute approximate surface area is 179 Å². The number of ether oxygens (including phenoxy) is 2. The number of alkyl carbamates (subject to hydrolysis) is 1. The summed E-state index contributed by atoms with van der Waals surface area (Å²) in [6.07, 6.45) is -1.35. The molecule has 9 heteroatoms. The van der Waals surface area contributed by atoms with Crippen LogP contribution in [0.25, 0.3) is 0 Å². The number of aliphatic carboxylic acids is 1. The first-order valence-corrected chi connectivity index (χ1v) is 9.50. The van der Waals surface area contributed by atoms with Crippen LogP contribution in [0.1, 0.15) is 17.5 Å². The zero-order chi connectivity index (χ0) is 22.6. The van der Waals surface area contributed by atoms with Crippen molar-refractivity contribution in [2.75, 3.05) is 7.11 Å². The summed E-state index contributed by atoms with van der Waals surface area (Å²) in [6.45, 7) is -0.0229. The molecule has 164 valence electrons. The van der Waals surface area contributed by atoms with Crippen molar-refractivity contribution in [1.82, 2.24) is 10.6 Å². The maximum atomic E-state index is 12.4. The van der Waals surface area contributed by atoms with E-state index >= 15 is 0 Å². The van der Waals surface area contributed by atoms with Crippen molar-refractivity contribution in [1.29, 1.82) is 0 Å². The predicted molar refractivity (Wildman–Crippen MR) is 110 cm³/mol. The standard InChI is InChI=1S/C22H24N2O7/c1-30-21(28)18(24-22(29)31-14-16-10-6-3-7-11-16)13-19(25)23-17(20(26)27)12-15-8-4-2-5-9-15/h2-11,17-18H,12-14H2,1H3,(H,23,25)(H,24,29)(H,26,27)/t17-,18+/m0/s1. The van der Waals surface area contributed by atoms with Crippen LogP contribution in [0.5, 0.6) is 0 Å². The van der Waals surface area contributed by atoms with Crippen LogP contribution in [-0.4, -0.2) is 48.2 Å². The second-order valence-corrected chi connectivity index (χ2v) is 6.63. The normalized spacial score (nSPS) is 12.2. The quantitative estimate of drug-likeness (QED) is 0.491. The third-order valence-electron chi connectivity index (χ3n) is 4.30. The van der Waals surface area contributed by atoms with Crippen molar-refractivity contribution in [2.45, 2.75) is 31.5 Å². The Morgan fingerprint density at radius 2 is 1.45 bits per heavy atom. The minimum absolute atomic E-state index is 0.0229. The van der Waals surface area contributed by atoms with Crippen LogP contribution in [0.4, 0.5) is 4.79 Å². The van der Waals surface area contributed by atoms with E-state index in [1.807, 2.05) is 6.07 Å². The first-order chi connectivity index (χ1) is 14.9. The van der Waals surface area contributed by atoms with Crippen molar-refractivity contribution in [2.24, 2.45) is 0 Å². The van der Waals surface area contributed by atoms with Crippen molar-refractivity contribution in [3.05, 3.63) is 71.8 Å². The fourth-order valence-electron chi connectivity index (χ4n) is 2.73. The average molecular weight is 428 g/mol. The molecule has 2 aromatic rings. The summed E-state index contributed by atoms with van der Waals surface area (Å²) in [4.78, 5) is 47.9. The minimum atomic E-state index is -1.33. The Morgan fingerprint density at radius 3 is 2.00 bits per heavy atom. The number of carbonyl (C=O) groups is 4. The molecule has 2 atom stereocenters. The van der Waals surface area contributed by atoms with E-state index < -0.39 is 42.4 Å². The van der Waals surface area contributed by atoms with Gasteiger partial charge in [-0.15, -0.1) is 0 Å². The van der Waals surface area contributed by atoms with Gasteiger partial charge in [0.15, 0.2) is 0 Å². The summed E-state index contributed by atoms with van der Waals surface area (Å²) in [7, 11) is 1.11. The summed E-state index contributed by atoms with van der Waals surface area (Å²) in [6, 6.07) is 15.2. The topological polar surface area (TPSA) is 131 Å². The molecule has 0 saturated heterocycles. The van der Waals surface area contributed by atoms with E-state index in [1.165, 1.54) is 0 Å². The fourth-order valence-corrected chi connectivity index (χ4v) is 2.73. The number of esters is 1. The molecular weight excluding hydrogens is 404 g/mol. The lowest BCUT2D eigenvalue weighted by Crippen LogP contribution is -2.48. The van der Waals surface area contributed by atoms with Crippen LogP contribution in [0, 0.1) is 0 Å². The highest BCUT2D eigenvalue weighted by molar-refractivity contribution is 5.90. The Hall–Kier alpha value is -3.88. The van der Waals surface area contributed by atoms with Gasteiger partial charge in [-0.3, -0.25) is 4.79 Å². The highest BCUT2D eigenvalue weighted by Crippen LogP contribution is 2.06. The third kappa shape index (κ3) is 8.17. The highest BCUT2D eigenvalue weighted by Gasteiger charge is 2.28. The Morgan fingerprint density at radius 1 is 0.871 bits per heavy atom. The van der Waals surface area contributed by atoms with E-state index in [2.05, 4.69) is 15.4 Å². The lowest BCUT2D eigenvalue weighted by molar-refractivity contribution is -0.145. The number of hydrogen-bond donors (Lipinski definition) is 3. The van der Waals surface area contributed by atoms with E-state index in [0.717, 1.165) is 18.2 Å². The van der Waals surface area contributed by atoms with Gasteiger partial charge in [0, 0.05) is 6.42 Å². The maximum Gasteiger partial charge on any atom is 0.408 e. The molecule has 0 bridgehead atoms. The number of carboxylic acids is 1. The zero-order valence-electron chi connectivity index (χ0n) is 16.9. The number of nitrogens with one attached hydrogen (secondary N) is 2. The average Bonchev–Trinajstić information content (AvgIpc) is 2.77. The molecule has 0 aliphatic heterocycles. The predicted octanol–water partition coefficient (Wildman–Crippen LogP) is 1.66. The smallest absolute Gasteiger partial charge is 0.408 e. The van der Waals surface area contributed by atoms with Crippen LogP contribution in [-0.2, 0) is 36.9 Å². The number of methoxy groups -OCH3 is 1. The number of amides is 2. The summed E-state index contributed by atoms with van der Waals surface area (Å²) in [5.74, 6) is -2.81. The van der Waals surface area contributed by atoms with E-state index in [0.29, 0.717) is 0 Å². The molecule has 2 amide bonds. The first-order valence-electron chi connectivity index (χ1n) is 9.50. The van der Waals surface area contributed by atoms with Gasteiger partial charge in [0.05, 0.1) is 13.5 Å². The van der Waals surface area contributed by atoms with Crippen LogP contribution >= 0.6 is 0 Å². The molecule has 0 radical (unpaired) electrons. The van der Waals surface area contributed by atoms with Crippen molar-refractivity contribution in [3.8, 4) is 0 Å². The van der Waals surface area contributed by atoms with Gasteiger partial charge >= 0.3 is 18.0 Å². The second-order valence-electron chi connectivity index (χ2n) is 6.63. The van der Waals surface area contributed by atoms with E-state index in [4.69, 9.17) is 4.74 Å². The highest BCUT2D eigenvalue weighted by atomic mass is 16.6. The summed E-state index contributed by atoms with van der Waals surface area (Å²) < 4.78 is 9.67. The molecule has 0 aromatic heterocycles. The van der Waals surface area contributed by atoms with Crippen LogP contribution in [0.15, 0.2) is 60.7 Å². The monoisotopic (exact) mass is 428 g/mol. The molecule has 0 saturated carbocycles. The molecular formula is C22H24N2O7. The molecule has 31 heavy (non-hydrogen) atoms. The zero-order valence-corrected chi connectivity index (χ0v) is 16.9. The van der Waals surface area contributed by atoms with E-state index in [-0.39, 0.29) is 13.0 Å². The van der Waals surface area contributed by atoms with Gasteiger partial charge in [-0.05, 0) is 11.1 Å². The van der Waals surface area contributed by atoms with Crippen LogP contribution in [0.2, 0.25) is 0 Å². The third-order valence-corrected chi connectivity index (χ3v) is 4.30. The van der Waals surface area contributed by atoms with Gasteiger partial charge in [-0.2, -0.15) is 0 Å². The number of rotatable bonds is 10. The molecule has 0 fully saturated rings. The summed E-state index contributed by atoms with van der Waals surface area (Å²) >= 11 is 0. The number of hydrogen-bond acceptors (Lipinski definition) is 6. The minimum Gasteiger partial charge on any atom is -0.480 e. The lowest BCUT2D eigenvalue weighted by Gasteiger charge is -2.19. The van der Waals surface area contributed by atoms with Gasteiger partial charge < -0.3 is 25.2 Å². The maximum absolute atomic E-state index is 12.4. The molecule has 0 unspecified atom stereocenters. The summed E-state index contributed by atoms with van der Waals surface area (Å²) in [5.41, 5.74) is 1.47. The van der Waals surface area contributed by atoms with Crippen LogP contribution < -0.4 is 10.6 Å². The number of carboxylic acid groups (broad SMARTS) is 1. The van der Waals surface area contributed by atoms with E-state index in [9.17, 15) is 24.3 Å². The largest absolute Gasteiger partial charge is 0.480 e. The number of benzene rings is 2. The fraction of sp³-hybridized carbons (Fsp3) is 0.273. The Balaban J connectivity index is 1.93. The van der Waals surface area contributed by atoms with Gasteiger partial charge in [0.25, 0.3) is 0 Å². The lowest BCUT2D eigenvalue weighted by atomic mass is 10.1. The van der Waals surface area contributed by atoms with Crippen molar-refractivity contribution in [3.63, 3.8) is 0 Å². The molecule has 2 rings (SSSR count). The second kappa shape index (κ2) is 12.0. The number of carbonyl (C=O) groups excluding carboxylic acids is 3. The van der Waals surface area contributed by atoms with Crippen LogP contribution in [0.3, 0.4) is 0 Å². The molecule has 2 aromatic carbocycles. The van der Waals surface area contributed by atoms with Gasteiger partial charge in [-0.25, -0.2) is 14.4 Å². The van der Waals surface area contributed by atoms with E-state index in [1.54, 1.807) is 54.6 Å². The molecule has 0 heterocycles. The molecule has 3 N–H and O–H groups in total. The molecule has 9 nitrogen and oxygen atoms in total.